The second kappa shape index (κ2) is 3.74. The number of rotatable bonds is 2. The molecule has 2 rings (SSSR count). The first-order valence-electron chi connectivity index (χ1n) is 4.24. The molecule has 2 aromatic rings. The first-order valence-corrected chi connectivity index (χ1v) is 4.24. The number of benzene rings is 1. The number of nitrogens with one attached hydrogen (secondary N) is 1. The van der Waals surface area contributed by atoms with E-state index in [-0.39, 0.29) is 0 Å². The molecule has 0 aliphatic rings. The average molecular weight is 186 g/mol. The van der Waals surface area contributed by atoms with Crippen molar-refractivity contribution in [2.75, 3.05) is 11.1 Å². The van der Waals surface area contributed by atoms with Crippen LogP contribution in [0.25, 0.3) is 0 Å². The molecule has 0 spiro atoms. The molecular formula is C10H10N4. The minimum atomic E-state index is 0.448. The lowest BCUT2D eigenvalue weighted by molar-refractivity contribution is 1.18. The molecule has 0 saturated heterocycles. The van der Waals surface area contributed by atoms with Gasteiger partial charge in [-0.1, -0.05) is 18.2 Å². The first kappa shape index (κ1) is 8.50. The third-order valence-electron chi connectivity index (χ3n) is 1.80. The molecule has 70 valence electrons. The smallest absolute Gasteiger partial charge is 0.150 e. The van der Waals surface area contributed by atoms with Crippen LogP contribution in [0.1, 0.15) is 0 Å². The van der Waals surface area contributed by atoms with Crippen LogP contribution in [0, 0.1) is 0 Å². The number of aromatic nitrogens is 2. The molecule has 0 saturated carbocycles. The molecule has 14 heavy (non-hydrogen) atoms. The van der Waals surface area contributed by atoms with E-state index in [0.717, 1.165) is 11.4 Å². The summed E-state index contributed by atoms with van der Waals surface area (Å²) in [7, 11) is 0. The number of para-hydroxylation sites is 1. The van der Waals surface area contributed by atoms with E-state index in [1.54, 1.807) is 6.20 Å². The molecule has 0 radical (unpaired) electrons. The first-order chi connectivity index (χ1) is 6.86. The number of hydrogen-bond donors (Lipinski definition) is 2. The van der Waals surface area contributed by atoms with Gasteiger partial charge in [0, 0.05) is 5.69 Å². The lowest BCUT2D eigenvalue weighted by Gasteiger charge is -2.06. The van der Waals surface area contributed by atoms with Gasteiger partial charge < -0.3 is 11.1 Å². The van der Waals surface area contributed by atoms with Gasteiger partial charge >= 0.3 is 0 Å². The highest BCUT2D eigenvalue weighted by Gasteiger charge is 1.98. The Bertz CT molecular complexity index is 413. The zero-order valence-corrected chi connectivity index (χ0v) is 7.51. The highest BCUT2D eigenvalue weighted by molar-refractivity contribution is 5.68. The molecule has 3 N–H and O–H groups in total. The lowest BCUT2D eigenvalue weighted by Crippen LogP contribution is -1.98. The Labute approximate surface area is 81.8 Å². The summed E-state index contributed by atoms with van der Waals surface area (Å²) in [5, 5.41) is 3.12. The number of anilines is 3. The fraction of sp³-hybridized carbons (Fsp3) is 0. The highest BCUT2D eigenvalue weighted by atomic mass is 15.0. The second-order valence-electron chi connectivity index (χ2n) is 2.81. The second-order valence-corrected chi connectivity index (χ2v) is 2.81. The Morgan fingerprint density at radius 3 is 2.64 bits per heavy atom. The SMILES string of the molecule is Nc1ncncc1Nc1ccccc1. The summed E-state index contributed by atoms with van der Waals surface area (Å²) < 4.78 is 0. The van der Waals surface area contributed by atoms with Crippen molar-refractivity contribution in [3.05, 3.63) is 42.9 Å². The summed E-state index contributed by atoms with van der Waals surface area (Å²) in [5.41, 5.74) is 7.34. The summed E-state index contributed by atoms with van der Waals surface area (Å²) in [5.74, 6) is 0.448. The Morgan fingerprint density at radius 2 is 1.93 bits per heavy atom. The van der Waals surface area contributed by atoms with Crippen molar-refractivity contribution < 1.29 is 0 Å². The van der Waals surface area contributed by atoms with Crippen LogP contribution >= 0.6 is 0 Å². The lowest BCUT2D eigenvalue weighted by atomic mass is 10.3. The van der Waals surface area contributed by atoms with Crippen molar-refractivity contribution in [1.82, 2.24) is 9.97 Å². The van der Waals surface area contributed by atoms with E-state index in [2.05, 4.69) is 15.3 Å². The zero-order valence-electron chi connectivity index (χ0n) is 7.51. The summed E-state index contributed by atoms with van der Waals surface area (Å²) in [6.45, 7) is 0. The summed E-state index contributed by atoms with van der Waals surface area (Å²) >= 11 is 0. The van der Waals surface area contributed by atoms with Gasteiger partial charge in [0.15, 0.2) is 5.82 Å². The van der Waals surface area contributed by atoms with Gasteiger partial charge in [-0.3, -0.25) is 0 Å². The zero-order chi connectivity index (χ0) is 9.80. The Morgan fingerprint density at radius 1 is 1.14 bits per heavy atom. The Balaban J connectivity index is 2.24. The van der Waals surface area contributed by atoms with Gasteiger partial charge in [0.25, 0.3) is 0 Å². The van der Waals surface area contributed by atoms with Gasteiger partial charge in [0.1, 0.15) is 6.33 Å². The van der Waals surface area contributed by atoms with Gasteiger partial charge in [0.2, 0.25) is 0 Å². The third-order valence-corrected chi connectivity index (χ3v) is 1.80. The molecular weight excluding hydrogens is 176 g/mol. The number of nitrogens with zero attached hydrogens (tertiary/aromatic N) is 2. The van der Waals surface area contributed by atoms with Crippen LogP contribution in [0.2, 0.25) is 0 Å². The van der Waals surface area contributed by atoms with E-state index < -0.39 is 0 Å². The van der Waals surface area contributed by atoms with Gasteiger partial charge in [-0.2, -0.15) is 0 Å². The molecule has 1 heterocycles. The van der Waals surface area contributed by atoms with Crippen molar-refractivity contribution in [1.29, 1.82) is 0 Å². The van der Waals surface area contributed by atoms with Crippen LogP contribution in [0.4, 0.5) is 17.2 Å². The van der Waals surface area contributed by atoms with Crippen LogP contribution in [0.15, 0.2) is 42.9 Å². The minimum Gasteiger partial charge on any atom is -0.382 e. The molecule has 0 bridgehead atoms. The van der Waals surface area contributed by atoms with E-state index >= 15 is 0 Å². The summed E-state index contributed by atoms with van der Waals surface area (Å²) in [6.07, 6.45) is 3.07. The van der Waals surface area contributed by atoms with Gasteiger partial charge in [-0.05, 0) is 12.1 Å². The summed E-state index contributed by atoms with van der Waals surface area (Å²) in [6, 6.07) is 9.75. The van der Waals surface area contributed by atoms with Crippen LogP contribution in [-0.2, 0) is 0 Å². The maximum Gasteiger partial charge on any atom is 0.150 e. The Kier molecular flexibility index (Phi) is 2.27. The van der Waals surface area contributed by atoms with Gasteiger partial charge in [0.05, 0.1) is 11.9 Å². The van der Waals surface area contributed by atoms with E-state index in [4.69, 9.17) is 5.73 Å². The number of nitrogen functional groups attached to an aromatic ring is 1. The normalized spacial score (nSPS) is 9.71. The van der Waals surface area contributed by atoms with E-state index in [1.807, 2.05) is 30.3 Å². The molecule has 0 aliphatic heterocycles. The maximum absolute atomic E-state index is 5.65. The van der Waals surface area contributed by atoms with Crippen LogP contribution in [-0.4, -0.2) is 9.97 Å². The van der Waals surface area contributed by atoms with Crippen molar-refractivity contribution in [3.8, 4) is 0 Å². The van der Waals surface area contributed by atoms with Crippen LogP contribution in [0.3, 0.4) is 0 Å². The molecule has 0 amide bonds. The van der Waals surface area contributed by atoms with Crippen molar-refractivity contribution >= 4 is 17.2 Å². The Hall–Kier alpha value is -2.10. The number of hydrogen-bond acceptors (Lipinski definition) is 4. The molecule has 0 atom stereocenters. The fourth-order valence-corrected chi connectivity index (χ4v) is 1.11. The van der Waals surface area contributed by atoms with E-state index in [9.17, 15) is 0 Å². The maximum atomic E-state index is 5.65. The largest absolute Gasteiger partial charge is 0.382 e. The monoisotopic (exact) mass is 186 g/mol. The topological polar surface area (TPSA) is 63.8 Å². The predicted molar refractivity (Wildman–Crippen MR) is 56.2 cm³/mol. The third kappa shape index (κ3) is 1.80. The number of nitrogens with two attached hydrogens (primary N) is 1. The fourth-order valence-electron chi connectivity index (χ4n) is 1.11. The van der Waals surface area contributed by atoms with E-state index in [0.29, 0.717) is 5.82 Å². The molecule has 4 nitrogen and oxygen atoms in total. The molecule has 1 aromatic carbocycles. The molecule has 0 fully saturated rings. The van der Waals surface area contributed by atoms with Crippen molar-refractivity contribution in [2.24, 2.45) is 0 Å². The quantitative estimate of drug-likeness (QED) is 0.750. The highest BCUT2D eigenvalue weighted by Crippen LogP contribution is 2.18. The molecule has 0 aliphatic carbocycles. The van der Waals surface area contributed by atoms with Gasteiger partial charge in [-0.15, -0.1) is 0 Å². The van der Waals surface area contributed by atoms with E-state index in [1.165, 1.54) is 6.33 Å². The molecule has 0 unspecified atom stereocenters. The average Bonchev–Trinajstić information content (AvgIpc) is 2.23. The van der Waals surface area contributed by atoms with Crippen molar-refractivity contribution in [2.45, 2.75) is 0 Å². The molecule has 1 aromatic heterocycles. The predicted octanol–water partition coefficient (Wildman–Crippen LogP) is 1.80. The van der Waals surface area contributed by atoms with Crippen LogP contribution < -0.4 is 11.1 Å². The van der Waals surface area contributed by atoms with Crippen LogP contribution in [0.5, 0.6) is 0 Å². The minimum absolute atomic E-state index is 0.448. The molecule has 4 heteroatoms. The van der Waals surface area contributed by atoms with Gasteiger partial charge in [-0.25, -0.2) is 9.97 Å². The van der Waals surface area contributed by atoms with Crippen molar-refractivity contribution in [3.63, 3.8) is 0 Å². The standard InChI is InChI=1S/C10H10N4/c11-10-9(6-12-7-13-10)14-8-4-2-1-3-5-8/h1-7,14H,(H2,11,12,13). The summed E-state index contributed by atoms with van der Waals surface area (Å²) in [4.78, 5) is 7.77.